The van der Waals surface area contributed by atoms with Gasteiger partial charge in [0.25, 0.3) is 0 Å². The Hall–Kier alpha value is -2.41. The summed E-state index contributed by atoms with van der Waals surface area (Å²) < 4.78 is 19.6. The molecular weight excluding hydrogens is 275 g/mol. The number of aryl methyl sites for hydroxylation is 1. The molecule has 0 saturated carbocycles. The van der Waals surface area contributed by atoms with Crippen LogP contribution in [0.3, 0.4) is 0 Å². The van der Waals surface area contributed by atoms with E-state index in [9.17, 15) is 4.39 Å². The number of nitrogens with two attached hydrogens (primary N) is 1. The maximum absolute atomic E-state index is 14.2. The Bertz CT molecular complexity index is 654. The van der Waals surface area contributed by atoms with Gasteiger partial charge in [0.2, 0.25) is 5.89 Å². The monoisotopic (exact) mass is 292 g/mol. The van der Waals surface area contributed by atoms with E-state index in [1.807, 2.05) is 13.8 Å². The van der Waals surface area contributed by atoms with Gasteiger partial charge in [0.1, 0.15) is 11.6 Å². The van der Waals surface area contributed by atoms with Crippen molar-refractivity contribution in [1.82, 2.24) is 10.3 Å². The number of hydrogen-bond donors (Lipinski definition) is 3. The molecule has 6 nitrogen and oxygen atoms in total. The number of halogens is 1. The summed E-state index contributed by atoms with van der Waals surface area (Å²) in [5, 5.41) is 14.6. The summed E-state index contributed by atoms with van der Waals surface area (Å²) in [6.07, 6.45) is 1.63. The van der Waals surface area contributed by atoms with Crippen molar-refractivity contribution in [3.63, 3.8) is 0 Å². The van der Waals surface area contributed by atoms with Crippen molar-refractivity contribution in [1.29, 1.82) is 0 Å². The van der Waals surface area contributed by atoms with Crippen molar-refractivity contribution < 1.29 is 14.0 Å². The molecule has 0 aliphatic heterocycles. The lowest BCUT2D eigenvalue weighted by Gasteiger charge is -2.12. The number of oxime groups is 1. The lowest BCUT2D eigenvalue weighted by Crippen LogP contribution is -2.21. The Kier molecular flexibility index (Phi) is 4.54. The van der Waals surface area contributed by atoms with Crippen molar-refractivity contribution >= 4 is 5.84 Å². The Labute approximate surface area is 121 Å². The normalized spacial score (nSPS) is 13.4. The SMILES string of the molecule is Cc1cnc(C(C)NCc2cccc(/C(N)=N/O)c2F)o1. The van der Waals surface area contributed by atoms with Gasteiger partial charge in [0.15, 0.2) is 5.84 Å². The van der Waals surface area contributed by atoms with Crippen LogP contribution in [-0.2, 0) is 6.54 Å². The predicted molar refractivity (Wildman–Crippen MR) is 75.4 cm³/mol. The molecule has 4 N–H and O–H groups in total. The summed E-state index contributed by atoms with van der Waals surface area (Å²) in [4.78, 5) is 4.11. The first-order valence-corrected chi connectivity index (χ1v) is 6.44. The van der Waals surface area contributed by atoms with E-state index < -0.39 is 5.82 Å². The molecule has 0 saturated heterocycles. The van der Waals surface area contributed by atoms with Crippen molar-refractivity contribution in [3.8, 4) is 0 Å². The van der Waals surface area contributed by atoms with Crippen LogP contribution in [0, 0.1) is 12.7 Å². The minimum absolute atomic E-state index is 0.0661. The number of nitrogens with zero attached hydrogens (tertiary/aromatic N) is 2. The molecule has 0 amide bonds. The van der Waals surface area contributed by atoms with Gasteiger partial charge in [-0.2, -0.15) is 0 Å². The zero-order chi connectivity index (χ0) is 15.4. The number of nitrogens with one attached hydrogen (secondary N) is 1. The van der Waals surface area contributed by atoms with Gasteiger partial charge in [-0.25, -0.2) is 9.37 Å². The molecule has 21 heavy (non-hydrogen) atoms. The van der Waals surface area contributed by atoms with E-state index in [0.717, 1.165) is 5.76 Å². The van der Waals surface area contributed by atoms with E-state index in [1.165, 1.54) is 6.07 Å². The van der Waals surface area contributed by atoms with Crippen molar-refractivity contribution in [2.75, 3.05) is 0 Å². The fraction of sp³-hybridized carbons (Fsp3) is 0.286. The lowest BCUT2D eigenvalue weighted by atomic mass is 10.1. The number of oxazole rings is 1. The molecule has 0 bridgehead atoms. The topological polar surface area (TPSA) is 96.7 Å². The van der Waals surface area contributed by atoms with E-state index in [1.54, 1.807) is 18.3 Å². The molecule has 0 fully saturated rings. The van der Waals surface area contributed by atoms with Gasteiger partial charge in [-0.3, -0.25) is 0 Å². The fourth-order valence-corrected chi connectivity index (χ4v) is 1.89. The number of aromatic nitrogens is 1. The van der Waals surface area contributed by atoms with Gasteiger partial charge in [-0.05, 0) is 19.9 Å². The van der Waals surface area contributed by atoms with E-state index in [-0.39, 0.29) is 24.0 Å². The highest BCUT2D eigenvalue weighted by Crippen LogP contribution is 2.16. The first-order chi connectivity index (χ1) is 10.0. The van der Waals surface area contributed by atoms with Crippen LogP contribution in [0.5, 0.6) is 0 Å². The number of benzene rings is 1. The molecule has 1 aromatic carbocycles. The van der Waals surface area contributed by atoms with Crippen LogP contribution in [0.4, 0.5) is 4.39 Å². The summed E-state index contributed by atoms with van der Waals surface area (Å²) in [6, 6.07) is 4.57. The van der Waals surface area contributed by atoms with E-state index in [2.05, 4.69) is 15.5 Å². The quantitative estimate of drug-likeness (QED) is 0.339. The zero-order valence-corrected chi connectivity index (χ0v) is 11.8. The summed E-state index contributed by atoms with van der Waals surface area (Å²) in [6.45, 7) is 3.95. The molecule has 0 radical (unpaired) electrons. The average molecular weight is 292 g/mol. The maximum Gasteiger partial charge on any atom is 0.211 e. The molecule has 1 heterocycles. The zero-order valence-electron chi connectivity index (χ0n) is 11.8. The second-order valence-electron chi connectivity index (χ2n) is 4.68. The molecule has 1 atom stereocenters. The third kappa shape index (κ3) is 3.38. The number of hydrogen-bond acceptors (Lipinski definition) is 5. The lowest BCUT2D eigenvalue weighted by molar-refractivity contribution is 0.318. The highest BCUT2D eigenvalue weighted by atomic mass is 19.1. The van der Waals surface area contributed by atoms with E-state index in [0.29, 0.717) is 11.5 Å². The minimum Gasteiger partial charge on any atom is -0.444 e. The first kappa shape index (κ1) is 15.0. The molecule has 0 aliphatic carbocycles. The van der Waals surface area contributed by atoms with Crippen molar-refractivity contribution in [2.45, 2.75) is 26.4 Å². The molecule has 112 valence electrons. The summed E-state index contributed by atoms with van der Waals surface area (Å²) in [5.41, 5.74) is 5.91. The van der Waals surface area contributed by atoms with E-state index >= 15 is 0 Å². The van der Waals surface area contributed by atoms with Gasteiger partial charge in [0, 0.05) is 12.1 Å². The molecule has 1 unspecified atom stereocenters. The molecule has 2 rings (SSSR count). The van der Waals surface area contributed by atoms with Crippen LogP contribution in [0.2, 0.25) is 0 Å². The molecule has 1 aromatic heterocycles. The Morgan fingerprint density at radius 2 is 2.33 bits per heavy atom. The van der Waals surface area contributed by atoms with Crippen molar-refractivity contribution in [2.24, 2.45) is 10.9 Å². The first-order valence-electron chi connectivity index (χ1n) is 6.44. The van der Waals surface area contributed by atoms with Crippen LogP contribution in [0.25, 0.3) is 0 Å². The second-order valence-corrected chi connectivity index (χ2v) is 4.68. The van der Waals surface area contributed by atoms with Gasteiger partial charge in [-0.1, -0.05) is 17.3 Å². The van der Waals surface area contributed by atoms with Gasteiger partial charge in [-0.15, -0.1) is 0 Å². The second kappa shape index (κ2) is 6.36. The van der Waals surface area contributed by atoms with E-state index in [4.69, 9.17) is 15.4 Å². The van der Waals surface area contributed by atoms with Crippen molar-refractivity contribution in [3.05, 3.63) is 53.0 Å². The predicted octanol–water partition coefficient (Wildman–Crippen LogP) is 2.07. The minimum atomic E-state index is -0.518. The third-order valence-corrected chi connectivity index (χ3v) is 3.07. The Balaban J connectivity index is 2.10. The summed E-state index contributed by atoms with van der Waals surface area (Å²) >= 11 is 0. The number of amidine groups is 1. The van der Waals surface area contributed by atoms with Gasteiger partial charge < -0.3 is 20.7 Å². The van der Waals surface area contributed by atoms with Crippen LogP contribution < -0.4 is 11.1 Å². The highest BCUT2D eigenvalue weighted by molar-refractivity contribution is 5.97. The van der Waals surface area contributed by atoms with Gasteiger partial charge >= 0.3 is 0 Å². The fourth-order valence-electron chi connectivity index (χ4n) is 1.89. The van der Waals surface area contributed by atoms with Crippen LogP contribution >= 0.6 is 0 Å². The van der Waals surface area contributed by atoms with Crippen LogP contribution in [0.1, 0.15) is 35.7 Å². The molecule has 2 aromatic rings. The largest absolute Gasteiger partial charge is 0.444 e. The number of rotatable bonds is 5. The summed E-state index contributed by atoms with van der Waals surface area (Å²) in [5.74, 6) is 0.487. The molecular formula is C14H17FN4O2. The summed E-state index contributed by atoms with van der Waals surface area (Å²) in [7, 11) is 0. The highest BCUT2D eigenvalue weighted by Gasteiger charge is 2.14. The molecule has 0 aliphatic rings. The molecule has 7 heteroatoms. The standard InChI is InChI=1S/C14H17FN4O2/c1-8-6-18-14(21-8)9(2)17-7-10-4-3-5-11(12(10)15)13(16)19-20/h3-6,9,17,20H,7H2,1-2H3,(H2,16,19). The van der Waals surface area contributed by atoms with Gasteiger partial charge in [0.05, 0.1) is 17.8 Å². The van der Waals surface area contributed by atoms with Crippen LogP contribution in [-0.4, -0.2) is 16.0 Å². The molecule has 0 spiro atoms. The maximum atomic E-state index is 14.2. The Morgan fingerprint density at radius 3 is 2.95 bits per heavy atom. The Morgan fingerprint density at radius 1 is 1.57 bits per heavy atom. The smallest absolute Gasteiger partial charge is 0.211 e. The van der Waals surface area contributed by atoms with Crippen LogP contribution in [0.15, 0.2) is 34.0 Å². The third-order valence-electron chi connectivity index (χ3n) is 3.07. The average Bonchev–Trinajstić information content (AvgIpc) is 2.91.